The average molecular weight is 213 g/mol. The first kappa shape index (κ1) is 13.0. The van der Waals surface area contributed by atoms with E-state index in [2.05, 4.69) is 26.1 Å². The van der Waals surface area contributed by atoms with Crippen molar-refractivity contribution < 1.29 is 5.11 Å². The molecule has 90 valence electrons. The predicted molar refractivity (Wildman–Crippen MR) is 64.9 cm³/mol. The van der Waals surface area contributed by atoms with Crippen molar-refractivity contribution in [3.8, 4) is 0 Å². The van der Waals surface area contributed by atoms with Crippen LogP contribution in [0.25, 0.3) is 0 Å². The molecule has 0 aromatic rings. The third-order valence-corrected chi connectivity index (χ3v) is 3.86. The standard InChI is InChI=1S/C13H27NO/c1-4-11-7-5-6-8-12(11)14-13(9-15)10(2)3/h10-15H,4-9H2,1-3H3/t11?,12?,13-/m1/s1. The largest absolute Gasteiger partial charge is 0.395 e. The molecule has 1 fully saturated rings. The zero-order chi connectivity index (χ0) is 11.3. The molecule has 0 aromatic heterocycles. The van der Waals surface area contributed by atoms with Crippen LogP contribution in [0.4, 0.5) is 0 Å². The molecular weight excluding hydrogens is 186 g/mol. The minimum absolute atomic E-state index is 0.268. The van der Waals surface area contributed by atoms with Crippen LogP contribution in [0.5, 0.6) is 0 Å². The van der Waals surface area contributed by atoms with Crippen molar-refractivity contribution in [3.63, 3.8) is 0 Å². The SMILES string of the molecule is CCC1CCCCC1N[C@H](CO)C(C)C. The Kier molecular flexibility index (Phi) is 5.62. The maximum absolute atomic E-state index is 9.32. The summed E-state index contributed by atoms with van der Waals surface area (Å²) in [5, 5.41) is 13.0. The summed E-state index contributed by atoms with van der Waals surface area (Å²) in [6.07, 6.45) is 6.67. The lowest BCUT2D eigenvalue weighted by atomic mass is 9.82. The van der Waals surface area contributed by atoms with Gasteiger partial charge in [0.25, 0.3) is 0 Å². The molecule has 0 spiro atoms. The number of hydrogen-bond donors (Lipinski definition) is 2. The van der Waals surface area contributed by atoms with E-state index in [9.17, 15) is 5.11 Å². The molecule has 2 nitrogen and oxygen atoms in total. The van der Waals surface area contributed by atoms with E-state index < -0.39 is 0 Å². The Morgan fingerprint density at radius 3 is 2.47 bits per heavy atom. The van der Waals surface area contributed by atoms with E-state index in [1.165, 1.54) is 32.1 Å². The van der Waals surface area contributed by atoms with Crippen LogP contribution in [0.15, 0.2) is 0 Å². The molecule has 15 heavy (non-hydrogen) atoms. The molecule has 1 aliphatic rings. The van der Waals surface area contributed by atoms with Gasteiger partial charge in [-0.1, -0.05) is 40.0 Å². The van der Waals surface area contributed by atoms with Gasteiger partial charge in [-0.15, -0.1) is 0 Å². The Bertz CT molecular complexity index is 170. The second kappa shape index (κ2) is 6.49. The summed E-state index contributed by atoms with van der Waals surface area (Å²) in [6.45, 7) is 6.91. The molecule has 0 aliphatic heterocycles. The van der Waals surface area contributed by atoms with Gasteiger partial charge in [-0.3, -0.25) is 0 Å². The van der Waals surface area contributed by atoms with Crippen LogP contribution in [0.3, 0.4) is 0 Å². The molecule has 0 amide bonds. The van der Waals surface area contributed by atoms with Crippen molar-refractivity contribution in [3.05, 3.63) is 0 Å². The molecule has 2 heteroatoms. The van der Waals surface area contributed by atoms with Crippen LogP contribution < -0.4 is 5.32 Å². The number of rotatable bonds is 5. The Labute approximate surface area is 94.5 Å². The minimum Gasteiger partial charge on any atom is -0.395 e. The molecule has 0 aromatic carbocycles. The lowest BCUT2D eigenvalue weighted by Crippen LogP contribution is -2.48. The molecule has 2 N–H and O–H groups in total. The average Bonchev–Trinajstić information content (AvgIpc) is 2.25. The molecule has 0 bridgehead atoms. The number of hydrogen-bond acceptors (Lipinski definition) is 2. The summed E-state index contributed by atoms with van der Waals surface area (Å²) in [4.78, 5) is 0. The van der Waals surface area contributed by atoms with Crippen molar-refractivity contribution in [2.45, 2.75) is 65.0 Å². The lowest BCUT2D eigenvalue weighted by molar-refractivity contribution is 0.162. The zero-order valence-electron chi connectivity index (χ0n) is 10.5. The molecule has 2 unspecified atom stereocenters. The summed E-state index contributed by atoms with van der Waals surface area (Å²) in [5.41, 5.74) is 0. The Balaban J connectivity index is 2.46. The first-order valence-electron chi connectivity index (χ1n) is 6.56. The summed E-state index contributed by atoms with van der Waals surface area (Å²) in [6, 6.07) is 0.922. The highest BCUT2D eigenvalue weighted by atomic mass is 16.3. The maximum atomic E-state index is 9.32. The Hall–Kier alpha value is -0.0800. The summed E-state index contributed by atoms with van der Waals surface area (Å²) in [5.74, 6) is 1.35. The quantitative estimate of drug-likeness (QED) is 0.735. The molecule has 1 aliphatic carbocycles. The second-order valence-electron chi connectivity index (χ2n) is 5.26. The molecule has 1 rings (SSSR count). The third-order valence-electron chi connectivity index (χ3n) is 3.86. The summed E-state index contributed by atoms with van der Waals surface area (Å²) < 4.78 is 0. The van der Waals surface area contributed by atoms with Crippen molar-refractivity contribution >= 4 is 0 Å². The molecule has 0 radical (unpaired) electrons. The summed E-state index contributed by atoms with van der Waals surface area (Å²) in [7, 11) is 0. The van der Waals surface area contributed by atoms with Gasteiger partial charge in [0, 0.05) is 12.1 Å². The smallest absolute Gasteiger partial charge is 0.0587 e. The zero-order valence-corrected chi connectivity index (χ0v) is 10.5. The van der Waals surface area contributed by atoms with Crippen molar-refractivity contribution in [1.82, 2.24) is 5.32 Å². The molecular formula is C13H27NO. The van der Waals surface area contributed by atoms with Crippen molar-refractivity contribution in [2.24, 2.45) is 11.8 Å². The van der Waals surface area contributed by atoms with E-state index in [4.69, 9.17) is 0 Å². The van der Waals surface area contributed by atoms with Gasteiger partial charge in [-0.2, -0.15) is 0 Å². The predicted octanol–water partition coefficient (Wildman–Crippen LogP) is 2.56. The van der Waals surface area contributed by atoms with Crippen molar-refractivity contribution in [1.29, 1.82) is 0 Å². The number of nitrogens with one attached hydrogen (secondary N) is 1. The van der Waals surface area contributed by atoms with Gasteiger partial charge in [-0.05, 0) is 24.7 Å². The van der Waals surface area contributed by atoms with Crippen LogP contribution in [0.2, 0.25) is 0 Å². The highest BCUT2D eigenvalue weighted by molar-refractivity contribution is 4.84. The highest BCUT2D eigenvalue weighted by Gasteiger charge is 2.26. The number of aliphatic hydroxyl groups excluding tert-OH is 1. The normalized spacial score (nSPS) is 29.4. The number of aliphatic hydroxyl groups is 1. The maximum Gasteiger partial charge on any atom is 0.0587 e. The van der Waals surface area contributed by atoms with Crippen LogP contribution >= 0.6 is 0 Å². The van der Waals surface area contributed by atoms with Gasteiger partial charge in [0.05, 0.1) is 6.61 Å². The monoisotopic (exact) mass is 213 g/mol. The van der Waals surface area contributed by atoms with E-state index in [0.29, 0.717) is 12.0 Å². The van der Waals surface area contributed by atoms with Gasteiger partial charge in [0.15, 0.2) is 0 Å². The fourth-order valence-corrected chi connectivity index (χ4v) is 2.65. The van der Waals surface area contributed by atoms with Gasteiger partial charge < -0.3 is 10.4 Å². The molecule has 0 saturated heterocycles. The fourth-order valence-electron chi connectivity index (χ4n) is 2.65. The van der Waals surface area contributed by atoms with Gasteiger partial charge in [-0.25, -0.2) is 0 Å². The Morgan fingerprint density at radius 1 is 1.27 bits per heavy atom. The van der Waals surface area contributed by atoms with Crippen LogP contribution in [0, 0.1) is 11.8 Å². The van der Waals surface area contributed by atoms with Crippen molar-refractivity contribution in [2.75, 3.05) is 6.61 Å². The van der Waals surface area contributed by atoms with E-state index >= 15 is 0 Å². The van der Waals surface area contributed by atoms with E-state index in [0.717, 1.165) is 5.92 Å². The summed E-state index contributed by atoms with van der Waals surface area (Å²) >= 11 is 0. The van der Waals surface area contributed by atoms with Gasteiger partial charge >= 0.3 is 0 Å². The van der Waals surface area contributed by atoms with E-state index in [-0.39, 0.29) is 12.6 Å². The highest BCUT2D eigenvalue weighted by Crippen LogP contribution is 2.27. The molecule has 3 atom stereocenters. The first-order valence-corrected chi connectivity index (χ1v) is 6.56. The van der Waals surface area contributed by atoms with Crippen LogP contribution in [-0.2, 0) is 0 Å². The topological polar surface area (TPSA) is 32.3 Å². The van der Waals surface area contributed by atoms with Gasteiger partial charge in [0.2, 0.25) is 0 Å². The van der Waals surface area contributed by atoms with E-state index in [1.807, 2.05) is 0 Å². The molecule has 1 saturated carbocycles. The van der Waals surface area contributed by atoms with Gasteiger partial charge in [0.1, 0.15) is 0 Å². The van der Waals surface area contributed by atoms with Crippen LogP contribution in [0.1, 0.15) is 52.9 Å². The molecule has 0 heterocycles. The third kappa shape index (κ3) is 3.76. The fraction of sp³-hybridized carbons (Fsp3) is 1.00. The lowest BCUT2D eigenvalue weighted by Gasteiger charge is -2.35. The van der Waals surface area contributed by atoms with Crippen LogP contribution in [-0.4, -0.2) is 23.8 Å². The minimum atomic E-state index is 0.268. The van der Waals surface area contributed by atoms with E-state index in [1.54, 1.807) is 0 Å². The Morgan fingerprint density at radius 2 is 1.93 bits per heavy atom. The second-order valence-corrected chi connectivity index (χ2v) is 5.26. The first-order chi connectivity index (χ1) is 7.19.